The number of nitrogens with two attached hydrogens (primary N) is 1. The summed E-state index contributed by atoms with van der Waals surface area (Å²) in [5.74, 6) is -0.167. The van der Waals surface area contributed by atoms with Crippen LogP contribution in [-0.4, -0.2) is 18.0 Å². The van der Waals surface area contributed by atoms with Crippen molar-refractivity contribution in [3.05, 3.63) is 35.1 Å². The van der Waals surface area contributed by atoms with Gasteiger partial charge in [0.05, 0.1) is 0 Å². The van der Waals surface area contributed by atoms with Crippen molar-refractivity contribution in [1.29, 1.82) is 0 Å². The van der Waals surface area contributed by atoms with Crippen molar-refractivity contribution in [2.24, 2.45) is 5.73 Å². The molecule has 3 heteroatoms. The fourth-order valence-corrected chi connectivity index (χ4v) is 2.66. The van der Waals surface area contributed by atoms with Crippen molar-refractivity contribution < 1.29 is 4.39 Å². The molecule has 2 rings (SSSR count). The van der Waals surface area contributed by atoms with Crippen LogP contribution in [0.3, 0.4) is 0 Å². The van der Waals surface area contributed by atoms with Crippen LogP contribution in [0.5, 0.6) is 0 Å². The molecule has 0 bridgehead atoms. The third-order valence-electron chi connectivity index (χ3n) is 3.61. The molecule has 1 aromatic carbocycles. The first-order valence-electron chi connectivity index (χ1n) is 6.99. The molecule has 0 unspecified atom stereocenters. The van der Waals surface area contributed by atoms with Gasteiger partial charge >= 0.3 is 0 Å². The maximum absolute atomic E-state index is 13.4. The average Bonchev–Trinajstić information content (AvgIpc) is 2.31. The number of hydrogen-bond donors (Lipinski definition) is 1. The Morgan fingerprint density at radius 1 is 0.944 bits per heavy atom. The fourth-order valence-electron chi connectivity index (χ4n) is 2.66. The van der Waals surface area contributed by atoms with E-state index in [1.165, 1.54) is 38.2 Å². The number of hydrogen-bond acceptors (Lipinski definition) is 2. The summed E-state index contributed by atoms with van der Waals surface area (Å²) in [6.45, 7) is 3.53. The van der Waals surface area contributed by atoms with Crippen molar-refractivity contribution >= 4 is 0 Å². The summed E-state index contributed by atoms with van der Waals surface area (Å²) in [7, 11) is 0. The molecule has 100 valence electrons. The zero-order valence-corrected chi connectivity index (χ0v) is 11.0. The van der Waals surface area contributed by atoms with Gasteiger partial charge in [-0.2, -0.15) is 0 Å². The second-order valence-electron chi connectivity index (χ2n) is 5.22. The van der Waals surface area contributed by atoms with Gasteiger partial charge in [0.25, 0.3) is 0 Å². The Balaban J connectivity index is 2.00. The Bertz CT molecular complexity index is 371. The number of likely N-dealkylation sites (tertiary alicyclic amines) is 1. The molecular formula is C15H23FN2. The van der Waals surface area contributed by atoms with E-state index in [0.29, 0.717) is 6.54 Å². The lowest BCUT2D eigenvalue weighted by Gasteiger charge is -2.24. The molecule has 0 radical (unpaired) electrons. The molecule has 1 saturated heterocycles. The third-order valence-corrected chi connectivity index (χ3v) is 3.61. The molecule has 0 saturated carbocycles. The van der Waals surface area contributed by atoms with Gasteiger partial charge in [0.2, 0.25) is 0 Å². The molecule has 2 N–H and O–H groups in total. The van der Waals surface area contributed by atoms with Gasteiger partial charge in [-0.05, 0) is 49.2 Å². The van der Waals surface area contributed by atoms with Gasteiger partial charge in [-0.1, -0.05) is 25.3 Å². The minimum absolute atomic E-state index is 0.167. The van der Waals surface area contributed by atoms with E-state index in [1.807, 2.05) is 6.07 Å². The van der Waals surface area contributed by atoms with Crippen LogP contribution in [0.2, 0.25) is 0 Å². The second-order valence-corrected chi connectivity index (χ2v) is 5.22. The molecule has 1 aromatic rings. The van der Waals surface area contributed by atoms with Gasteiger partial charge in [0.15, 0.2) is 0 Å². The molecule has 1 heterocycles. The summed E-state index contributed by atoms with van der Waals surface area (Å²) in [6, 6.07) is 5.19. The zero-order chi connectivity index (χ0) is 12.8. The van der Waals surface area contributed by atoms with Crippen LogP contribution in [0.25, 0.3) is 0 Å². The molecule has 1 aliphatic heterocycles. The van der Waals surface area contributed by atoms with E-state index in [0.717, 1.165) is 30.8 Å². The first-order valence-corrected chi connectivity index (χ1v) is 6.99. The number of halogens is 1. The molecule has 0 aromatic heterocycles. The second kappa shape index (κ2) is 6.86. The lowest BCUT2D eigenvalue weighted by molar-refractivity contribution is 0.239. The average molecular weight is 250 g/mol. The van der Waals surface area contributed by atoms with E-state index in [9.17, 15) is 4.39 Å². The Hall–Kier alpha value is -0.930. The van der Waals surface area contributed by atoms with Crippen molar-refractivity contribution in [3.63, 3.8) is 0 Å². The fraction of sp³-hybridized carbons (Fsp3) is 0.600. The van der Waals surface area contributed by atoms with E-state index in [1.54, 1.807) is 6.07 Å². The maximum atomic E-state index is 13.4. The van der Waals surface area contributed by atoms with Crippen LogP contribution in [0.1, 0.15) is 43.2 Å². The number of rotatable bonds is 3. The van der Waals surface area contributed by atoms with Crippen LogP contribution in [0.15, 0.2) is 18.2 Å². The molecule has 2 nitrogen and oxygen atoms in total. The van der Waals surface area contributed by atoms with Crippen molar-refractivity contribution in [1.82, 2.24) is 4.90 Å². The summed E-state index contributed by atoms with van der Waals surface area (Å²) in [6.07, 6.45) is 6.55. The Kier molecular flexibility index (Phi) is 5.14. The van der Waals surface area contributed by atoms with Crippen LogP contribution < -0.4 is 5.73 Å². The van der Waals surface area contributed by atoms with E-state index in [-0.39, 0.29) is 5.82 Å². The molecular weight excluding hydrogens is 227 g/mol. The van der Waals surface area contributed by atoms with Crippen molar-refractivity contribution in [2.45, 2.75) is 45.2 Å². The normalized spacial score (nSPS) is 18.3. The minimum Gasteiger partial charge on any atom is -0.326 e. The van der Waals surface area contributed by atoms with Crippen LogP contribution in [-0.2, 0) is 13.1 Å². The number of benzene rings is 1. The van der Waals surface area contributed by atoms with Gasteiger partial charge in [-0.3, -0.25) is 4.90 Å². The third kappa shape index (κ3) is 4.07. The molecule has 0 spiro atoms. The molecule has 18 heavy (non-hydrogen) atoms. The maximum Gasteiger partial charge on any atom is 0.123 e. The van der Waals surface area contributed by atoms with Crippen LogP contribution in [0.4, 0.5) is 4.39 Å². The van der Waals surface area contributed by atoms with Crippen LogP contribution in [0, 0.1) is 5.82 Å². The van der Waals surface area contributed by atoms with Crippen molar-refractivity contribution in [3.8, 4) is 0 Å². The minimum atomic E-state index is -0.167. The monoisotopic (exact) mass is 250 g/mol. The topological polar surface area (TPSA) is 29.3 Å². The van der Waals surface area contributed by atoms with E-state index in [4.69, 9.17) is 5.73 Å². The number of nitrogens with zero attached hydrogens (tertiary/aromatic N) is 1. The summed E-state index contributed by atoms with van der Waals surface area (Å²) >= 11 is 0. The molecule has 1 fully saturated rings. The highest BCUT2D eigenvalue weighted by atomic mass is 19.1. The smallest absolute Gasteiger partial charge is 0.123 e. The molecule has 1 aliphatic rings. The highest BCUT2D eigenvalue weighted by Crippen LogP contribution is 2.15. The van der Waals surface area contributed by atoms with Gasteiger partial charge in [0.1, 0.15) is 5.82 Å². The summed E-state index contributed by atoms with van der Waals surface area (Å²) in [4.78, 5) is 2.44. The predicted molar refractivity (Wildman–Crippen MR) is 72.7 cm³/mol. The van der Waals surface area contributed by atoms with Crippen molar-refractivity contribution in [2.75, 3.05) is 13.1 Å². The highest BCUT2D eigenvalue weighted by molar-refractivity contribution is 5.24. The summed E-state index contributed by atoms with van der Waals surface area (Å²) < 4.78 is 13.4. The van der Waals surface area contributed by atoms with E-state index >= 15 is 0 Å². The Morgan fingerprint density at radius 3 is 2.22 bits per heavy atom. The quantitative estimate of drug-likeness (QED) is 0.893. The lowest BCUT2D eigenvalue weighted by atomic mass is 10.1. The van der Waals surface area contributed by atoms with Gasteiger partial charge in [-0.25, -0.2) is 4.39 Å². The SMILES string of the molecule is NCc1cc(F)cc(CN2CCCCCCC2)c1. The highest BCUT2D eigenvalue weighted by Gasteiger charge is 2.09. The Morgan fingerprint density at radius 2 is 1.56 bits per heavy atom. The largest absolute Gasteiger partial charge is 0.326 e. The lowest BCUT2D eigenvalue weighted by Crippen LogP contribution is -2.27. The Labute approximate surface area is 109 Å². The summed E-state index contributed by atoms with van der Waals surface area (Å²) in [5, 5.41) is 0. The van der Waals surface area contributed by atoms with Crippen LogP contribution >= 0.6 is 0 Å². The molecule has 0 aliphatic carbocycles. The molecule has 0 atom stereocenters. The first-order chi connectivity index (χ1) is 8.78. The van der Waals surface area contributed by atoms with E-state index < -0.39 is 0 Å². The standard InChI is InChI=1S/C15H23FN2/c16-15-9-13(11-17)8-14(10-15)12-18-6-4-2-1-3-5-7-18/h8-10H,1-7,11-12,17H2. The van der Waals surface area contributed by atoms with Gasteiger partial charge in [0, 0.05) is 13.1 Å². The molecule has 0 amide bonds. The van der Waals surface area contributed by atoms with E-state index in [2.05, 4.69) is 4.90 Å². The first kappa shape index (κ1) is 13.5. The van der Waals surface area contributed by atoms with Gasteiger partial charge < -0.3 is 5.73 Å². The summed E-state index contributed by atoms with van der Waals surface area (Å²) in [5.41, 5.74) is 7.52. The predicted octanol–water partition coefficient (Wildman–Crippen LogP) is 3.05. The van der Waals surface area contributed by atoms with Gasteiger partial charge in [-0.15, -0.1) is 0 Å². The zero-order valence-electron chi connectivity index (χ0n) is 11.0.